The van der Waals surface area contributed by atoms with Gasteiger partial charge in [-0.2, -0.15) is 13.2 Å². The Bertz CT molecular complexity index is 178. The van der Waals surface area contributed by atoms with Crippen molar-refractivity contribution in [2.45, 2.75) is 44.4 Å². The first-order valence-corrected chi connectivity index (χ1v) is 5.42. The summed E-state index contributed by atoms with van der Waals surface area (Å²) >= 11 is 0. The van der Waals surface area contributed by atoms with E-state index in [4.69, 9.17) is 10.5 Å². The summed E-state index contributed by atoms with van der Waals surface area (Å²) in [5.74, 6) is 0.313. The highest BCUT2D eigenvalue weighted by molar-refractivity contribution is 4.71. The first-order valence-electron chi connectivity index (χ1n) is 5.42. The SMILES string of the molecule is NCCC(OCC1CCCC1)C(F)(F)F. The molecule has 0 aromatic carbocycles. The molecule has 1 saturated carbocycles. The van der Waals surface area contributed by atoms with E-state index < -0.39 is 12.3 Å². The van der Waals surface area contributed by atoms with Crippen molar-refractivity contribution < 1.29 is 17.9 Å². The van der Waals surface area contributed by atoms with Gasteiger partial charge in [0, 0.05) is 0 Å². The zero-order valence-corrected chi connectivity index (χ0v) is 8.72. The van der Waals surface area contributed by atoms with E-state index in [-0.39, 0.29) is 19.6 Å². The fourth-order valence-electron chi connectivity index (χ4n) is 1.92. The van der Waals surface area contributed by atoms with Crippen LogP contribution in [0.5, 0.6) is 0 Å². The summed E-state index contributed by atoms with van der Waals surface area (Å²) in [6.45, 7) is 0.235. The maximum Gasteiger partial charge on any atom is 0.414 e. The third-order valence-electron chi connectivity index (χ3n) is 2.80. The molecule has 5 heteroatoms. The van der Waals surface area contributed by atoms with E-state index in [9.17, 15) is 13.2 Å². The fraction of sp³-hybridized carbons (Fsp3) is 1.00. The van der Waals surface area contributed by atoms with Crippen LogP contribution in [0.3, 0.4) is 0 Å². The second-order valence-corrected chi connectivity index (χ2v) is 4.09. The largest absolute Gasteiger partial charge is 0.414 e. The monoisotopic (exact) mass is 225 g/mol. The van der Waals surface area contributed by atoms with Crippen molar-refractivity contribution in [2.24, 2.45) is 11.7 Å². The lowest BCUT2D eigenvalue weighted by molar-refractivity contribution is -0.224. The molecule has 0 bridgehead atoms. The summed E-state index contributed by atoms with van der Waals surface area (Å²) in [4.78, 5) is 0. The van der Waals surface area contributed by atoms with Gasteiger partial charge in [-0.25, -0.2) is 0 Å². The van der Waals surface area contributed by atoms with Crippen molar-refractivity contribution in [3.05, 3.63) is 0 Å². The lowest BCUT2D eigenvalue weighted by Gasteiger charge is -2.21. The van der Waals surface area contributed by atoms with Crippen LogP contribution in [0.25, 0.3) is 0 Å². The average molecular weight is 225 g/mol. The number of rotatable bonds is 5. The van der Waals surface area contributed by atoms with Crippen molar-refractivity contribution in [1.82, 2.24) is 0 Å². The second-order valence-electron chi connectivity index (χ2n) is 4.09. The van der Waals surface area contributed by atoms with Crippen LogP contribution in [0, 0.1) is 5.92 Å². The molecule has 1 aliphatic rings. The van der Waals surface area contributed by atoms with Gasteiger partial charge in [0.1, 0.15) is 0 Å². The van der Waals surface area contributed by atoms with E-state index >= 15 is 0 Å². The lowest BCUT2D eigenvalue weighted by Crippen LogP contribution is -2.34. The smallest absolute Gasteiger partial charge is 0.368 e. The summed E-state index contributed by atoms with van der Waals surface area (Å²) < 4.78 is 42.1. The molecule has 0 amide bonds. The highest BCUT2D eigenvalue weighted by Crippen LogP contribution is 2.29. The van der Waals surface area contributed by atoms with Gasteiger partial charge in [0.05, 0.1) is 6.61 Å². The summed E-state index contributed by atoms with van der Waals surface area (Å²) in [7, 11) is 0. The van der Waals surface area contributed by atoms with Gasteiger partial charge in [-0.1, -0.05) is 12.8 Å². The summed E-state index contributed by atoms with van der Waals surface area (Å²) in [5.41, 5.74) is 5.13. The zero-order valence-electron chi connectivity index (χ0n) is 8.72. The molecule has 0 saturated heterocycles. The van der Waals surface area contributed by atoms with Crippen LogP contribution in [0.2, 0.25) is 0 Å². The van der Waals surface area contributed by atoms with E-state index in [1.165, 1.54) is 0 Å². The molecule has 0 aromatic heterocycles. The van der Waals surface area contributed by atoms with Crippen molar-refractivity contribution in [2.75, 3.05) is 13.2 Å². The Labute approximate surface area is 88.0 Å². The first kappa shape index (κ1) is 12.8. The summed E-state index contributed by atoms with van der Waals surface area (Å²) in [5, 5.41) is 0. The number of hydrogen-bond donors (Lipinski definition) is 1. The Hall–Kier alpha value is -0.290. The van der Waals surface area contributed by atoms with Gasteiger partial charge in [-0.3, -0.25) is 0 Å². The van der Waals surface area contributed by atoms with Crippen molar-refractivity contribution >= 4 is 0 Å². The molecule has 0 spiro atoms. The maximum absolute atomic E-state index is 12.4. The minimum Gasteiger partial charge on any atom is -0.368 e. The van der Waals surface area contributed by atoms with E-state index in [0.717, 1.165) is 25.7 Å². The topological polar surface area (TPSA) is 35.2 Å². The van der Waals surface area contributed by atoms with Crippen LogP contribution >= 0.6 is 0 Å². The van der Waals surface area contributed by atoms with Crippen LogP contribution in [0.4, 0.5) is 13.2 Å². The van der Waals surface area contributed by atoms with Crippen molar-refractivity contribution in [1.29, 1.82) is 0 Å². The Morgan fingerprint density at radius 1 is 1.27 bits per heavy atom. The predicted molar refractivity (Wildman–Crippen MR) is 51.4 cm³/mol. The maximum atomic E-state index is 12.4. The molecule has 0 aromatic rings. The standard InChI is InChI=1S/C10H18F3NO/c11-10(12,13)9(5-6-14)15-7-8-3-1-2-4-8/h8-9H,1-7,14H2. The summed E-state index contributed by atoms with van der Waals surface area (Å²) in [6.07, 6.45) is -1.89. The zero-order chi connectivity index (χ0) is 11.3. The average Bonchev–Trinajstić information content (AvgIpc) is 2.62. The van der Waals surface area contributed by atoms with Gasteiger partial charge in [0.2, 0.25) is 0 Å². The number of ether oxygens (including phenoxy) is 1. The molecule has 0 heterocycles. The highest BCUT2D eigenvalue weighted by Gasteiger charge is 2.40. The minimum absolute atomic E-state index is 0.00877. The minimum atomic E-state index is -4.28. The number of halogens is 3. The van der Waals surface area contributed by atoms with Gasteiger partial charge >= 0.3 is 6.18 Å². The van der Waals surface area contributed by atoms with Crippen LogP contribution in [0.15, 0.2) is 0 Å². The Balaban J connectivity index is 2.30. The quantitative estimate of drug-likeness (QED) is 0.780. The number of hydrogen-bond acceptors (Lipinski definition) is 2. The molecule has 90 valence electrons. The molecule has 2 nitrogen and oxygen atoms in total. The highest BCUT2D eigenvalue weighted by atomic mass is 19.4. The fourth-order valence-corrected chi connectivity index (χ4v) is 1.92. The molecule has 15 heavy (non-hydrogen) atoms. The lowest BCUT2D eigenvalue weighted by atomic mass is 10.1. The predicted octanol–water partition coefficient (Wildman–Crippen LogP) is 2.47. The van der Waals surface area contributed by atoms with Gasteiger partial charge in [-0.05, 0) is 31.7 Å². The number of nitrogens with two attached hydrogens (primary N) is 1. The molecule has 0 aliphatic heterocycles. The van der Waals surface area contributed by atoms with Crippen LogP contribution < -0.4 is 5.73 Å². The van der Waals surface area contributed by atoms with Crippen molar-refractivity contribution in [3.63, 3.8) is 0 Å². The van der Waals surface area contributed by atoms with E-state index in [2.05, 4.69) is 0 Å². The normalized spacial score (nSPS) is 20.8. The molecular formula is C10H18F3NO. The molecule has 2 N–H and O–H groups in total. The van der Waals surface area contributed by atoms with E-state index in [0.29, 0.717) is 5.92 Å². The molecule has 1 unspecified atom stereocenters. The molecule has 1 atom stereocenters. The van der Waals surface area contributed by atoms with Gasteiger partial charge in [0.25, 0.3) is 0 Å². The summed E-state index contributed by atoms with van der Waals surface area (Å²) in [6, 6.07) is 0. The van der Waals surface area contributed by atoms with Crippen LogP contribution in [0.1, 0.15) is 32.1 Å². The molecule has 1 rings (SSSR count). The van der Waals surface area contributed by atoms with Crippen LogP contribution in [-0.2, 0) is 4.74 Å². The van der Waals surface area contributed by atoms with Gasteiger partial charge in [-0.15, -0.1) is 0 Å². The molecule has 1 aliphatic carbocycles. The first-order chi connectivity index (χ1) is 7.04. The van der Waals surface area contributed by atoms with Gasteiger partial charge in [0.15, 0.2) is 6.10 Å². The number of alkyl halides is 3. The van der Waals surface area contributed by atoms with E-state index in [1.807, 2.05) is 0 Å². The Morgan fingerprint density at radius 2 is 1.87 bits per heavy atom. The van der Waals surface area contributed by atoms with Crippen molar-refractivity contribution in [3.8, 4) is 0 Å². The second kappa shape index (κ2) is 5.70. The molecule has 1 fully saturated rings. The third-order valence-corrected chi connectivity index (χ3v) is 2.80. The van der Waals surface area contributed by atoms with Gasteiger partial charge < -0.3 is 10.5 Å². The third kappa shape index (κ3) is 4.38. The van der Waals surface area contributed by atoms with Crippen LogP contribution in [-0.4, -0.2) is 25.4 Å². The molecular weight excluding hydrogens is 207 g/mol. The Kier molecular flexibility index (Phi) is 4.86. The van der Waals surface area contributed by atoms with E-state index in [1.54, 1.807) is 0 Å². The molecule has 0 radical (unpaired) electrons. The Morgan fingerprint density at radius 3 is 2.33 bits per heavy atom.